The molecular weight excluding hydrogens is 380 g/mol. The molecule has 0 saturated carbocycles. The average Bonchev–Trinajstić information content (AvgIpc) is 2.70. The fourth-order valence-electron chi connectivity index (χ4n) is 2.88. The van der Waals surface area contributed by atoms with Crippen LogP contribution in [0.3, 0.4) is 0 Å². The topological polar surface area (TPSA) is 58.4 Å². The van der Waals surface area contributed by atoms with Gasteiger partial charge in [-0.25, -0.2) is 8.78 Å². The van der Waals surface area contributed by atoms with Crippen LogP contribution in [0.15, 0.2) is 17.0 Å². The molecule has 162 valence electrons. The van der Waals surface area contributed by atoms with E-state index in [4.69, 9.17) is 5.73 Å². The number of nitrogens with zero attached hydrogens (tertiary/aromatic N) is 1. The molecule has 0 unspecified atom stereocenters. The molecule has 2 aliphatic rings. The van der Waals surface area contributed by atoms with Gasteiger partial charge in [-0.15, -0.1) is 12.6 Å². The number of thiol groups is 1. The highest BCUT2D eigenvalue weighted by molar-refractivity contribution is 7.80. The maximum atomic E-state index is 12.4. The number of piperidine rings is 2. The third kappa shape index (κ3) is 9.73. The van der Waals surface area contributed by atoms with Crippen LogP contribution in [0.4, 0.5) is 14.5 Å². The van der Waals surface area contributed by atoms with E-state index < -0.39 is 11.6 Å². The Kier molecular flexibility index (Phi) is 14.8. The first kappa shape index (κ1) is 26.7. The van der Waals surface area contributed by atoms with Gasteiger partial charge in [-0.1, -0.05) is 34.1 Å². The van der Waals surface area contributed by atoms with Crippen molar-refractivity contribution in [3.8, 4) is 0 Å². The van der Waals surface area contributed by atoms with Gasteiger partial charge < -0.3 is 16.0 Å². The summed E-state index contributed by atoms with van der Waals surface area (Å²) in [7, 11) is 0. The predicted molar refractivity (Wildman–Crippen MR) is 117 cm³/mol. The normalized spacial score (nSPS) is 16.7. The van der Waals surface area contributed by atoms with Gasteiger partial charge in [0.2, 0.25) is 5.91 Å². The standard InChI is InChI=1S/C10H18N2O.C6H5F2NS.C3H8.C2H6/c13-10-3-1-2-8-12(10)9-4-6-11-7-5-9;7-3-2-6(10)4(8)1-5(3)9;1-3-2;1-2/h9,11H,1-8H2;1-2,10H,9H2;3H2,1-2H3;1-2H3. The summed E-state index contributed by atoms with van der Waals surface area (Å²) >= 11 is 3.64. The van der Waals surface area contributed by atoms with Crippen LogP contribution in [-0.4, -0.2) is 36.5 Å². The summed E-state index contributed by atoms with van der Waals surface area (Å²) in [4.78, 5) is 13.7. The van der Waals surface area contributed by atoms with Gasteiger partial charge in [0, 0.05) is 30.0 Å². The molecule has 0 bridgehead atoms. The lowest BCUT2D eigenvalue weighted by Gasteiger charge is -2.37. The van der Waals surface area contributed by atoms with Gasteiger partial charge >= 0.3 is 0 Å². The smallest absolute Gasteiger partial charge is 0.222 e. The van der Waals surface area contributed by atoms with Crippen molar-refractivity contribution in [3.63, 3.8) is 0 Å². The molecule has 3 rings (SSSR count). The molecule has 0 aromatic heterocycles. The van der Waals surface area contributed by atoms with Crippen LogP contribution in [0.5, 0.6) is 0 Å². The Hall–Kier alpha value is -1.34. The molecule has 0 atom stereocenters. The molecule has 7 heteroatoms. The maximum Gasteiger partial charge on any atom is 0.222 e. The van der Waals surface area contributed by atoms with Crippen LogP contribution in [0.2, 0.25) is 0 Å². The number of benzene rings is 1. The van der Waals surface area contributed by atoms with Crippen molar-refractivity contribution in [1.82, 2.24) is 10.2 Å². The van der Waals surface area contributed by atoms with Crippen LogP contribution < -0.4 is 11.1 Å². The summed E-state index contributed by atoms with van der Waals surface area (Å²) in [5.41, 5.74) is 4.84. The van der Waals surface area contributed by atoms with E-state index >= 15 is 0 Å². The summed E-state index contributed by atoms with van der Waals surface area (Å²) in [6, 6.07) is 2.37. The van der Waals surface area contributed by atoms with Gasteiger partial charge in [-0.3, -0.25) is 4.79 Å². The summed E-state index contributed by atoms with van der Waals surface area (Å²) in [6.07, 6.45) is 6.62. The lowest BCUT2D eigenvalue weighted by atomic mass is 10.0. The fourth-order valence-corrected chi connectivity index (χ4v) is 3.06. The number of likely N-dealkylation sites (tertiary alicyclic amines) is 1. The van der Waals surface area contributed by atoms with Crippen LogP contribution in [0.1, 0.15) is 66.2 Å². The monoisotopic (exact) mass is 417 g/mol. The minimum atomic E-state index is -0.647. The molecule has 0 spiro atoms. The van der Waals surface area contributed by atoms with Gasteiger partial charge in [-0.05, 0) is 44.8 Å². The number of nitrogens with one attached hydrogen (secondary N) is 1. The second kappa shape index (κ2) is 15.6. The maximum absolute atomic E-state index is 12.4. The summed E-state index contributed by atoms with van der Waals surface area (Å²) in [5, 5.41) is 3.33. The average molecular weight is 418 g/mol. The van der Waals surface area contributed by atoms with Gasteiger partial charge in [0.05, 0.1) is 5.69 Å². The minimum absolute atomic E-state index is 0.0355. The van der Waals surface area contributed by atoms with Crippen LogP contribution >= 0.6 is 12.6 Å². The van der Waals surface area contributed by atoms with Crippen LogP contribution in [0, 0.1) is 11.6 Å². The zero-order valence-electron chi connectivity index (χ0n) is 17.7. The number of halogens is 2. The van der Waals surface area contributed by atoms with Crippen molar-refractivity contribution < 1.29 is 13.6 Å². The number of hydrogen-bond acceptors (Lipinski definition) is 4. The lowest BCUT2D eigenvalue weighted by Crippen LogP contribution is -2.47. The molecule has 0 radical (unpaired) electrons. The van der Waals surface area contributed by atoms with Crippen molar-refractivity contribution in [2.24, 2.45) is 0 Å². The summed E-state index contributed by atoms with van der Waals surface area (Å²) < 4.78 is 24.9. The highest BCUT2D eigenvalue weighted by Crippen LogP contribution is 2.19. The van der Waals surface area contributed by atoms with Crippen molar-refractivity contribution >= 4 is 24.2 Å². The molecule has 28 heavy (non-hydrogen) atoms. The largest absolute Gasteiger partial charge is 0.396 e. The molecular formula is C21H37F2N3OS. The Morgan fingerprint density at radius 3 is 2.21 bits per heavy atom. The molecule has 1 aromatic carbocycles. The second-order valence-electron chi connectivity index (χ2n) is 6.56. The molecule has 2 heterocycles. The van der Waals surface area contributed by atoms with E-state index in [-0.39, 0.29) is 10.6 Å². The Bertz CT molecular complexity index is 517. The Morgan fingerprint density at radius 2 is 1.71 bits per heavy atom. The number of carbonyl (C=O) groups excluding carboxylic acids is 1. The van der Waals surface area contributed by atoms with Gasteiger partial charge in [-0.2, -0.15) is 0 Å². The zero-order chi connectivity index (χ0) is 21.5. The predicted octanol–water partition coefficient (Wildman–Crippen LogP) is 5.03. The van der Waals surface area contributed by atoms with E-state index in [1.54, 1.807) is 0 Å². The van der Waals surface area contributed by atoms with E-state index in [1.165, 1.54) is 12.8 Å². The molecule has 2 saturated heterocycles. The van der Waals surface area contributed by atoms with Gasteiger partial charge in [0.25, 0.3) is 0 Å². The number of nitrogen functional groups attached to an aromatic ring is 1. The van der Waals surface area contributed by atoms with E-state index in [2.05, 4.69) is 36.7 Å². The molecule has 1 amide bonds. The summed E-state index contributed by atoms with van der Waals surface area (Å²) in [6.45, 7) is 11.4. The van der Waals surface area contributed by atoms with E-state index in [1.807, 2.05) is 13.8 Å². The number of anilines is 1. The third-order valence-corrected chi connectivity index (χ3v) is 4.52. The fraction of sp³-hybridized carbons (Fsp3) is 0.667. The lowest BCUT2D eigenvalue weighted by molar-refractivity contribution is -0.136. The Labute approximate surface area is 174 Å². The molecule has 3 N–H and O–H groups in total. The van der Waals surface area contributed by atoms with Crippen molar-refractivity contribution in [2.45, 2.75) is 77.2 Å². The molecule has 2 fully saturated rings. The highest BCUT2D eigenvalue weighted by Gasteiger charge is 2.26. The number of rotatable bonds is 1. The highest BCUT2D eigenvalue weighted by atomic mass is 32.1. The first-order valence-corrected chi connectivity index (χ1v) is 10.8. The van der Waals surface area contributed by atoms with Crippen LogP contribution in [-0.2, 0) is 4.79 Å². The van der Waals surface area contributed by atoms with Crippen molar-refractivity contribution in [1.29, 1.82) is 0 Å². The Morgan fingerprint density at radius 1 is 1.14 bits per heavy atom. The quantitative estimate of drug-likeness (QED) is 0.444. The number of hydrogen-bond donors (Lipinski definition) is 3. The summed E-state index contributed by atoms with van der Waals surface area (Å²) in [5.74, 6) is -0.869. The third-order valence-electron chi connectivity index (χ3n) is 4.18. The molecule has 2 aliphatic heterocycles. The molecule has 1 aromatic rings. The zero-order valence-corrected chi connectivity index (χ0v) is 18.6. The van der Waals surface area contributed by atoms with Crippen LogP contribution in [0.25, 0.3) is 0 Å². The first-order chi connectivity index (χ1) is 13.4. The SMILES string of the molecule is CC.CCC.Nc1cc(F)c(S)cc1F.O=C1CCCCN1C1CCNCC1. The Balaban J connectivity index is 0.000000434. The van der Waals surface area contributed by atoms with Gasteiger partial charge in [0.1, 0.15) is 11.6 Å². The first-order valence-electron chi connectivity index (χ1n) is 10.3. The minimum Gasteiger partial charge on any atom is -0.396 e. The number of carbonyl (C=O) groups is 1. The van der Waals surface area contributed by atoms with E-state index in [0.717, 1.165) is 57.5 Å². The van der Waals surface area contributed by atoms with Gasteiger partial charge in [0.15, 0.2) is 0 Å². The van der Waals surface area contributed by atoms with Crippen molar-refractivity contribution in [2.75, 3.05) is 25.4 Å². The number of amides is 1. The van der Waals surface area contributed by atoms with E-state index in [0.29, 0.717) is 11.9 Å². The molecule has 4 nitrogen and oxygen atoms in total. The van der Waals surface area contributed by atoms with E-state index in [9.17, 15) is 13.6 Å². The van der Waals surface area contributed by atoms with Crippen molar-refractivity contribution in [3.05, 3.63) is 23.8 Å². The number of nitrogens with two attached hydrogens (primary N) is 1. The second-order valence-corrected chi connectivity index (χ2v) is 7.04. The molecule has 0 aliphatic carbocycles.